The van der Waals surface area contributed by atoms with Crippen molar-refractivity contribution in [2.75, 3.05) is 13.2 Å². The van der Waals surface area contributed by atoms with Gasteiger partial charge in [0, 0.05) is 0 Å². The maximum Gasteiger partial charge on any atom is 0.339 e. The molecule has 1 aliphatic rings. The molecule has 0 aromatic heterocycles. The lowest BCUT2D eigenvalue weighted by atomic mass is 10.1. The highest BCUT2D eigenvalue weighted by Gasteiger charge is 2.25. The molecule has 102 valence electrons. The number of allylic oxidation sites excluding steroid dienone is 1. The van der Waals surface area contributed by atoms with Gasteiger partial charge in [0.15, 0.2) is 0 Å². The molecule has 0 amide bonds. The molecule has 5 nitrogen and oxygen atoms in total. The zero-order valence-corrected chi connectivity index (χ0v) is 10.7. The maximum absolute atomic E-state index is 11.6. The number of benzene rings is 1. The number of rotatable bonds is 4. The molecule has 1 aromatic rings. The zero-order chi connectivity index (χ0) is 14.3. The average Bonchev–Trinajstić information content (AvgIpc) is 3.21. The highest BCUT2D eigenvalue weighted by atomic mass is 16.6. The summed E-state index contributed by atoms with van der Waals surface area (Å²) in [6.45, 7) is 6.01. The van der Waals surface area contributed by atoms with Crippen molar-refractivity contribution in [3.05, 3.63) is 48.0 Å². The molecule has 19 heavy (non-hydrogen) atoms. The van der Waals surface area contributed by atoms with E-state index in [1.54, 1.807) is 18.2 Å². The number of carboxylic acids is 1. The summed E-state index contributed by atoms with van der Waals surface area (Å²) < 4.78 is 9.79. The van der Waals surface area contributed by atoms with E-state index >= 15 is 0 Å². The molecular weight excluding hydrogens is 248 g/mol. The first-order chi connectivity index (χ1) is 9.10. The maximum atomic E-state index is 11.6. The van der Waals surface area contributed by atoms with Gasteiger partial charge in [-0.15, -0.1) is 6.58 Å². The van der Waals surface area contributed by atoms with Crippen LogP contribution in [-0.2, 0) is 9.47 Å². The molecule has 1 saturated heterocycles. The van der Waals surface area contributed by atoms with Gasteiger partial charge >= 0.3 is 11.9 Å². The molecule has 0 aliphatic carbocycles. The average molecular weight is 264 g/mol. The van der Waals surface area contributed by atoms with Crippen molar-refractivity contribution in [3.8, 4) is 0 Å². The molecule has 0 radical (unpaired) electrons. The highest BCUT2D eigenvalue weighted by Crippen LogP contribution is 2.13. The Bertz CT molecular complexity index is 463. The van der Waals surface area contributed by atoms with Gasteiger partial charge < -0.3 is 14.6 Å². The number of aromatic carboxylic acids is 1. The topological polar surface area (TPSA) is 76.1 Å². The third-order valence-corrected chi connectivity index (χ3v) is 2.18. The van der Waals surface area contributed by atoms with Gasteiger partial charge in [-0.1, -0.05) is 18.2 Å². The Balaban J connectivity index is 0.000000550. The number of ether oxygens (including phenoxy) is 2. The van der Waals surface area contributed by atoms with Crippen molar-refractivity contribution in [2.45, 2.75) is 13.0 Å². The molecule has 1 aromatic carbocycles. The number of esters is 1. The number of hydrogen-bond acceptors (Lipinski definition) is 4. The largest absolute Gasteiger partial charge is 0.478 e. The monoisotopic (exact) mass is 264 g/mol. The van der Waals surface area contributed by atoms with Crippen molar-refractivity contribution >= 4 is 11.9 Å². The van der Waals surface area contributed by atoms with Crippen LogP contribution in [0.4, 0.5) is 0 Å². The van der Waals surface area contributed by atoms with Gasteiger partial charge in [-0.25, -0.2) is 9.59 Å². The molecule has 1 fully saturated rings. The van der Waals surface area contributed by atoms with Crippen LogP contribution < -0.4 is 0 Å². The fourth-order valence-corrected chi connectivity index (χ4v) is 1.26. The van der Waals surface area contributed by atoms with Crippen molar-refractivity contribution in [2.24, 2.45) is 0 Å². The normalized spacial score (nSPS) is 15.7. The summed E-state index contributed by atoms with van der Waals surface area (Å²) in [5, 5.41) is 8.87. The Morgan fingerprint density at radius 2 is 2.00 bits per heavy atom. The number of carbonyl (C=O) groups excluding carboxylic acids is 1. The first-order valence-electron chi connectivity index (χ1n) is 5.78. The van der Waals surface area contributed by atoms with E-state index in [0.29, 0.717) is 6.61 Å². The predicted octanol–water partition coefficient (Wildman–Crippen LogP) is 2.13. The lowest BCUT2D eigenvalue weighted by Crippen LogP contribution is -2.14. The van der Waals surface area contributed by atoms with Crippen LogP contribution in [0.25, 0.3) is 0 Å². The van der Waals surface area contributed by atoms with Crippen molar-refractivity contribution in [3.63, 3.8) is 0 Å². The van der Waals surface area contributed by atoms with Crippen LogP contribution in [0, 0.1) is 0 Å². The number of carboxylic acid groups (broad SMARTS) is 1. The lowest BCUT2D eigenvalue weighted by molar-refractivity contribution is 0.0467. The van der Waals surface area contributed by atoms with Crippen LogP contribution in [0.5, 0.6) is 0 Å². The quantitative estimate of drug-likeness (QED) is 0.512. The predicted molar refractivity (Wildman–Crippen MR) is 69.3 cm³/mol. The second-order valence-corrected chi connectivity index (χ2v) is 3.81. The van der Waals surface area contributed by atoms with Crippen molar-refractivity contribution in [1.29, 1.82) is 0 Å². The van der Waals surface area contributed by atoms with Gasteiger partial charge in [0.2, 0.25) is 0 Å². The zero-order valence-electron chi connectivity index (χ0n) is 10.7. The van der Waals surface area contributed by atoms with Gasteiger partial charge in [0.1, 0.15) is 12.7 Å². The third kappa shape index (κ3) is 4.93. The summed E-state index contributed by atoms with van der Waals surface area (Å²) in [5.74, 6) is -1.77. The Kier molecular flexibility index (Phi) is 5.75. The van der Waals surface area contributed by atoms with E-state index in [4.69, 9.17) is 14.6 Å². The van der Waals surface area contributed by atoms with E-state index < -0.39 is 11.9 Å². The Morgan fingerprint density at radius 1 is 1.47 bits per heavy atom. The van der Waals surface area contributed by atoms with Gasteiger partial charge in [-0.3, -0.25) is 0 Å². The van der Waals surface area contributed by atoms with Crippen LogP contribution in [0.3, 0.4) is 0 Å². The van der Waals surface area contributed by atoms with Gasteiger partial charge in [0.05, 0.1) is 17.7 Å². The standard InChI is InChI=1S/C11H10O5.C3H6/c12-10(13)8-3-1-2-4-9(8)11(14)16-6-7-5-15-7;1-3-2/h1-4,7H,5-6H2,(H,12,13);3H,1H2,2H3. The second-order valence-electron chi connectivity index (χ2n) is 3.81. The Morgan fingerprint density at radius 3 is 2.47 bits per heavy atom. The molecule has 0 spiro atoms. The van der Waals surface area contributed by atoms with Gasteiger partial charge in [-0.2, -0.15) is 0 Å². The van der Waals surface area contributed by atoms with Crippen LogP contribution >= 0.6 is 0 Å². The SMILES string of the molecule is C=CC.O=C(O)c1ccccc1C(=O)OCC1CO1. The van der Waals surface area contributed by atoms with Crippen LogP contribution in [-0.4, -0.2) is 36.4 Å². The molecule has 1 N–H and O–H groups in total. The Hall–Kier alpha value is -2.14. The van der Waals surface area contributed by atoms with Crippen LogP contribution in [0.2, 0.25) is 0 Å². The smallest absolute Gasteiger partial charge is 0.339 e. The summed E-state index contributed by atoms with van der Waals surface area (Å²) in [5.41, 5.74) is 0.0138. The van der Waals surface area contributed by atoms with E-state index in [-0.39, 0.29) is 23.8 Å². The van der Waals surface area contributed by atoms with E-state index in [1.807, 2.05) is 6.92 Å². The summed E-state index contributed by atoms with van der Waals surface area (Å²) in [7, 11) is 0. The summed E-state index contributed by atoms with van der Waals surface area (Å²) in [6.07, 6.45) is 1.72. The number of epoxide rings is 1. The first-order valence-corrected chi connectivity index (χ1v) is 5.78. The highest BCUT2D eigenvalue weighted by molar-refractivity contribution is 6.02. The minimum atomic E-state index is -1.14. The summed E-state index contributed by atoms with van der Waals surface area (Å²) in [4.78, 5) is 22.4. The molecule has 1 unspecified atom stereocenters. The first kappa shape index (κ1) is 14.9. The van der Waals surface area contributed by atoms with E-state index in [1.165, 1.54) is 12.1 Å². The lowest BCUT2D eigenvalue weighted by Gasteiger charge is -2.05. The fraction of sp³-hybridized carbons (Fsp3) is 0.286. The van der Waals surface area contributed by atoms with Crippen LogP contribution in [0.1, 0.15) is 27.6 Å². The molecule has 1 atom stereocenters. The molecular formula is C14H16O5. The third-order valence-electron chi connectivity index (χ3n) is 2.18. The van der Waals surface area contributed by atoms with E-state index in [2.05, 4.69) is 6.58 Å². The molecule has 0 saturated carbocycles. The molecule has 1 heterocycles. The van der Waals surface area contributed by atoms with Crippen molar-refractivity contribution < 1.29 is 24.2 Å². The minimum Gasteiger partial charge on any atom is -0.478 e. The molecule has 1 aliphatic heterocycles. The van der Waals surface area contributed by atoms with E-state index in [9.17, 15) is 9.59 Å². The molecule has 5 heteroatoms. The number of hydrogen-bond donors (Lipinski definition) is 1. The van der Waals surface area contributed by atoms with Crippen LogP contribution in [0.15, 0.2) is 36.9 Å². The molecule has 2 rings (SSSR count). The minimum absolute atomic E-state index is 0.0269. The number of carbonyl (C=O) groups is 2. The van der Waals surface area contributed by atoms with E-state index in [0.717, 1.165) is 0 Å². The molecule has 0 bridgehead atoms. The Labute approximate surface area is 111 Å². The van der Waals surface area contributed by atoms with Crippen molar-refractivity contribution in [1.82, 2.24) is 0 Å². The fourth-order valence-electron chi connectivity index (χ4n) is 1.26. The summed E-state index contributed by atoms with van der Waals surface area (Å²) in [6, 6.07) is 5.95. The second kappa shape index (κ2) is 7.33. The van der Waals surface area contributed by atoms with Gasteiger partial charge in [0.25, 0.3) is 0 Å². The summed E-state index contributed by atoms with van der Waals surface area (Å²) >= 11 is 0. The van der Waals surface area contributed by atoms with Gasteiger partial charge in [-0.05, 0) is 19.1 Å².